The monoisotopic (exact) mass is 225 g/mol. The zero-order chi connectivity index (χ0) is 5.98. The Morgan fingerprint density at radius 1 is 1.75 bits per heavy atom. The van der Waals surface area contributed by atoms with Crippen molar-refractivity contribution in [2.45, 2.75) is 17.3 Å². The Bertz CT molecular complexity index is 74.9. The lowest BCUT2D eigenvalue weighted by molar-refractivity contribution is 0.360. The molecule has 2 heteroatoms. The van der Waals surface area contributed by atoms with Crippen molar-refractivity contribution in [2.24, 2.45) is 0 Å². The lowest BCUT2D eigenvalue weighted by atomic mass is 10.4. The molecular weight excluding hydrogens is 213 g/mol. The van der Waals surface area contributed by atoms with Crippen molar-refractivity contribution in [3.8, 4) is 0 Å². The Labute approximate surface area is 64.6 Å². The molecule has 8 heavy (non-hydrogen) atoms. The number of nitrogens with zero attached hydrogens (tertiary/aromatic N) is 1. The van der Waals surface area contributed by atoms with Crippen LogP contribution in [0.2, 0.25) is 0 Å². The summed E-state index contributed by atoms with van der Waals surface area (Å²) in [6.45, 7) is 6.11. The van der Waals surface area contributed by atoms with Gasteiger partial charge in [0, 0.05) is 10.5 Å². The summed E-state index contributed by atoms with van der Waals surface area (Å²) in [4.78, 5) is 2.50. The highest BCUT2D eigenvalue weighted by molar-refractivity contribution is 14.1. The van der Waals surface area contributed by atoms with E-state index in [1.54, 1.807) is 0 Å². The van der Waals surface area contributed by atoms with Crippen LogP contribution in [0.4, 0.5) is 0 Å². The van der Waals surface area contributed by atoms with E-state index < -0.39 is 0 Å². The van der Waals surface area contributed by atoms with Gasteiger partial charge >= 0.3 is 0 Å². The summed E-state index contributed by atoms with van der Waals surface area (Å²) >= 11 is 2.53. The number of halogens is 1. The highest BCUT2D eigenvalue weighted by atomic mass is 127. The predicted octanol–water partition coefficient (Wildman–Crippen LogP) is 1.52. The van der Waals surface area contributed by atoms with Gasteiger partial charge in [-0.3, -0.25) is 0 Å². The van der Waals surface area contributed by atoms with Gasteiger partial charge in [0.1, 0.15) is 0 Å². The van der Waals surface area contributed by atoms with Gasteiger partial charge in [-0.1, -0.05) is 29.5 Å². The molecule has 1 rings (SSSR count). The number of hydrogen-bond donors (Lipinski definition) is 0. The zero-order valence-electron chi connectivity index (χ0n) is 5.23. The molecule has 1 unspecified atom stereocenters. The summed E-state index contributed by atoms with van der Waals surface area (Å²) in [5.41, 5.74) is 0. The molecule has 1 atom stereocenters. The second-order valence-corrected chi connectivity index (χ2v) is 4.04. The first-order valence-electron chi connectivity index (χ1n) is 3.19. The molecule has 0 aromatic carbocycles. The Morgan fingerprint density at radius 3 is 2.75 bits per heavy atom. The molecule has 1 fully saturated rings. The lowest BCUT2D eigenvalue weighted by Gasteiger charge is -2.09. The summed E-state index contributed by atoms with van der Waals surface area (Å²) in [5, 5.41) is 0. The standard InChI is InChI=1S/C6H12IN/c1-2-8-4-3-6(7)5-8/h6H,2-5H2,1H3. The van der Waals surface area contributed by atoms with E-state index in [9.17, 15) is 0 Å². The van der Waals surface area contributed by atoms with Gasteiger partial charge in [0.25, 0.3) is 0 Å². The molecule has 0 spiro atoms. The zero-order valence-corrected chi connectivity index (χ0v) is 7.39. The van der Waals surface area contributed by atoms with Gasteiger partial charge in [-0.05, 0) is 19.5 Å². The van der Waals surface area contributed by atoms with E-state index in [-0.39, 0.29) is 0 Å². The highest BCUT2D eigenvalue weighted by Crippen LogP contribution is 2.15. The molecule has 0 saturated carbocycles. The summed E-state index contributed by atoms with van der Waals surface area (Å²) in [6, 6.07) is 0. The Balaban J connectivity index is 2.22. The van der Waals surface area contributed by atoms with Gasteiger partial charge in [0.05, 0.1) is 0 Å². The molecule has 1 saturated heterocycles. The van der Waals surface area contributed by atoms with Gasteiger partial charge in [-0.15, -0.1) is 0 Å². The summed E-state index contributed by atoms with van der Waals surface area (Å²) in [7, 11) is 0. The van der Waals surface area contributed by atoms with Gasteiger partial charge in [0.2, 0.25) is 0 Å². The van der Waals surface area contributed by atoms with Crippen molar-refractivity contribution in [2.75, 3.05) is 19.6 Å². The molecule has 0 radical (unpaired) electrons. The van der Waals surface area contributed by atoms with Crippen molar-refractivity contribution in [3.63, 3.8) is 0 Å². The van der Waals surface area contributed by atoms with Crippen LogP contribution < -0.4 is 0 Å². The molecule has 1 heterocycles. The smallest absolute Gasteiger partial charge is 0.0249 e. The maximum Gasteiger partial charge on any atom is 0.0249 e. The van der Waals surface area contributed by atoms with E-state index in [2.05, 4.69) is 34.4 Å². The van der Waals surface area contributed by atoms with E-state index in [4.69, 9.17) is 0 Å². The minimum Gasteiger partial charge on any atom is -0.303 e. The molecule has 0 bridgehead atoms. The first-order valence-corrected chi connectivity index (χ1v) is 4.44. The average molecular weight is 225 g/mol. The normalized spacial score (nSPS) is 31.5. The van der Waals surface area contributed by atoms with Crippen molar-refractivity contribution < 1.29 is 0 Å². The van der Waals surface area contributed by atoms with Crippen LogP contribution in [-0.2, 0) is 0 Å². The summed E-state index contributed by atoms with van der Waals surface area (Å²) in [5.74, 6) is 0. The van der Waals surface area contributed by atoms with Crippen LogP contribution in [0, 0.1) is 0 Å². The van der Waals surface area contributed by atoms with Crippen LogP contribution in [0.5, 0.6) is 0 Å². The van der Waals surface area contributed by atoms with Gasteiger partial charge < -0.3 is 4.90 Å². The minimum atomic E-state index is 0.924. The maximum atomic E-state index is 2.53. The molecular formula is C6H12IN. The second-order valence-electron chi connectivity index (χ2n) is 2.28. The Hall–Kier alpha value is 0.690. The van der Waals surface area contributed by atoms with E-state index >= 15 is 0 Å². The molecule has 0 aliphatic carbocycles. The average Bonchev–Trinajstić information content (AvgIpc) is 2.14. The van der Waals surface area contributed by atoms with E-state index in [0.717, 1.165) is 3.92 Å². The molecule has 1 nitrogen and oxygen atoms in total. The molecule has 0 N–H and O–H groups in total. The number of rotatable bonds is 1. The molecule has 0 aromatic heterocycles. The molecule has 1 aliphatic rings. The lowest BCUT2D eigenvalue weighted by Crippen LogP contribution is -2.19. The Morgan fingerprint density at radius 2 is 2.50 bits per heavy atom. The first kappa shape index (κ1) is 6.81. The third kappa shape index (κ3) is 1.58. The van der Waals surface area contributed by atoms with E-state index in [1.807, 2.05) is 0 Å². The van der Waals surface area contributed by atoms with Gasteiger partial charge in [0.15, 0.2) is 0 Å². The van der Waals surface area contributed by atoms with Crippen LogP contribution in [0.15, 0.2) is 0 Å². The fourth-order valence-electron chi connectivity index (χ4n) is 1.07. The fourth-order valence-corrected chi connectivity index (χ4v) is 1.91. The topological polar surface area (TPSA) is 3.24 Å². The first-order chi connectivity index (χ1) is 3.83. The fraction of sp³-hybridized carbons (Fsp3) is 1.00. The van der Waals surface area contributed by atoms with Crippen LogP contribution in [0.1, 0.15) is 13.3 Å². The van der Waals surface area contributed by atoms with Crippen LogP contribution in [0.3, 0.4) is 0 Å². The minimum absolute atomic E-state index is 0.924. The molecule has 0 amide bonds. The van der Waals surface area contributed by atoms with E-state index in [1.165, 1.54) is 26.1 Å². The van der Waals surface area contributed by atoms with Crippen molar-refractivity contribution in [1.29, 1.82) is 0 Å². The predicted molar refractivity (Wildman–Crippen MR) is 44.5 cm³/mol. The number of hydrogen-bond acceptors (Lipinski definition) is 1. The van der Waals surface area contributed by atoms with Crippen LogP contribution >= 0.6 is 22.6 Å². The number of alkyl halides is 1. The van der Waals surface area contributed by atoms with Gasteiger partial charge in [-0.2, -0.15) is 0 Å². The van der Waals surface area contributed by atoms with Crippen molar-refractivity contribution in [1.82, 2.24) is 4.90 Å². The highest BCUT2D eigenvalue weighted by Gasteiger charge is 2.17. The third-order valence-corrected chi connectivity index (χ3v) is 2.68. The summed E-state index contributed by atoms with van der Waals surface area (Å²) < 4.78 is 0.924. The second kappa shape index (κ2) is 3.01. The van der Waals surface area contributed by atoms with Crippen molar-refractivity contribution >= 4 is 22.6 Å². The summed E-state index contributed by atoms with van der Waals surface area (Å²) in [6.07, 6.45) is 1.40. The quantitative estimate of drug-likeness (QED) is 0.483. The Kier molecular flexibility index (Phi) is 2.56. The van der Waals surface area contributed by atoms with Crippen LogP contribution in [-0.4, -0.2) is 28.5 Å². The van der Waals surface area contributed by atoms with Gasteiger partial charge in [-0.25, -0.2) is 0 Å². The van der Waals surface area contributed by atoms with Crippen LogP contribution in [0.25, 0.3) is 0 Å². The number of likely N-dealkylation sites (tertiary alicyclic amines) is 1. The molecule has 0 aromatic rings. The van der Waals surface area contributed by atoms with E-state index in [0.29, 0.717) is 0 Å². The SMILES string of the molecule is CCN1CCC(I)C1. The van der Waals surface area contributed by atoms with Crippen molar-refractivity contribution in [3.05, 3.63) is 0 Å². The third-order valence-electron chi connectivity index (χ3n) is 1.66. The molecule has 48 valence electrons. The molecule has 1 aliphatic heterocycles. The largest absolute Gasteiger partial charge is 0.303 e. The maximum absolute atomic E-state index is 2.53.